The SMILES string of the molecule is CC[N+](CC)(CC)C1CCCN(c2c(C)cc(Cl)cc2C)C1=O.[Y]. The van der Waals surface area contributed by atoms with Gasteiger partial charge in [0, 0.05) is 56.4 Å². The Labute approximate surface area is 177 Å². The number of benzene rings is 1. The zero-order valence-corrected chi connectivity index (χ0v) is 19.3. The van der Waals surface area contributed by atoms with Crippen molar-refractivity contribution in [1.82, 2.24) is 0 Å². The molecule has 1 unspecified atom stereocenters. The summed E-state index contributed by atoms with van der Waals surface area (Å²) in [4.78, 5) is 15.3. The molecule has 1 atom stereocenters. The number of likely N-dealkylation sites (N-methyl/N-ethyl adjacent to an activating group) is 1. The van der Waals surface area contributed by atoms with Crippen LogP contribution in [0.1, 0.15) is 44.7 Å². The second-order valence-corrected chi connectivity index (χ2v) is 7.14. The summed E-state index contributed by atoms with van der Waals surface area (Å²) in [5, 5.41) is 0.741. The molecule has 1 aromatic carbocycles. The van der Waals surface area contributed by atoms with Crippen molar-refractivity contribution < 1.29 is 42.0 Å². The average molecular weight is 427 g/mol. The van der Waals surface area contributed by atoms with Gasteiger partial charge in [-0.25, -0.2) is 0 Å². The van der Waals surface area contributed by atoms with E-state index >= 15 is 0 Å². The molecule has 2 rings (SSSR count). The molecule has 131 valence electrons. The predicted octanol–water partition coefficient (Wildman–Crippen LogP) is 4.33. The molecule has 0 aromatic heterocycles. The summed E-state index contributed by atoms with van der Waals surface area (Å²) in [5.41, 5.74) is 3.24. The van der Waals surface area contributed by atoms with E-state index in [0.29, 0.717) is 0 Å². The van der Waals surface area contributed by atoms with E-state index in [1.807, 2.05) is 30.9 Å². The van der Waals surface area contributed by atoms with Crippen LogP contribution in [0.4, 0.5) is 5.69 Å². The molecule has 1 radical (unpaired) electrons. The predicted molar refractivity (Wildman–Crippen MR) is 98.2 cm³/mol. The smallest absolute Gasteiger partial charge is 0.285 e. The monoisotopic (exact) mass is 426 g/mol. The number of amides is 1. The van der Waals surface area contributed by atoms with Crippen LogP contribution in [0.5, 0.6) is 0 Å². The van der Waals surface area contributed by atoms with Crippen molar-refractivity contribution in [3.63, 3.8) is 0 Å². The first kappa shape index (κ1) is 22.1. The first-order chi connectivity index (χ1) is 10.9. The Morgan fingerprint density at radius 3 is 2.08 bits per heavy atom. The Bertz CT molecular complexity index is 555. The first-order valence-corrected chi connectivity index (χ1v) is 9.21. The summed E-state index contributed by atoms with van der Waals surface area (Å²) in [5.74, 6) is 0.287. The van der Waals surface area contributed by atoms with Gasteiger partial charge in [0.1, 0.15) is 0 Å². The van der Waals surface area contributed by atoms with E-state index in [-0.39, 0.29) is 44.7 Å². The summed E-state index contributed by atoms with van der Waals surface area (Å²) in [7, 11) is 0. The van der Waals surface area contributed by atoms with E-state index in [1.54, 1.807) is 0 Å². The van der Waals surface area contributed by atoms with Crippen LogP contribution in [0.2, 0.25) is 5.02 Å². The van der Waals surface area contributed by atoms with Crippen LogP contribution in [0.15, 0.2) is 12.1 Å². The molecule has 1 aromatic rings. The van der Waals surface area contributed by atoms with Gasteiger partial charge in [-0.05, 0) is 64.3 Å². The second kappa shape index (κ2) is 9.12. The Hall–Kier alpha value is 0.0439. The standard InChI is InChI=1S/C19H30ClN2O.Y/c1-6-22(7-2,8-3)17-10-9-11-21(19(17)23)18-14(4)12-16(20)13-15(18)5;/h12-13,17H,6-11H2,1-5H3;/q+1;. The van der Waals surface area contributed by atoms with E-state index in [1.165, 1.54) is 0 Å². The van der Waals surface area contributed by atoms with Crippen molar-refractivity contribution >= 4 is 23.2 Å². The van der Waals surface area contributed by atoms with Crippen LogP contribution in [-0.4, -0.2) is 42.6 Å². The average Bonchev–Trinajstić information content (AvgIpc) is 2.51. The Morgan fingerprint density at radius 1 is 1.12 bits per heavy atom. The molecule has 1 fully saturated rings. The maximum Gasteiger partial charge on any atom is 0.285 e. The van der Waals surface area contributed by atoms with Gasteiger partial charge < -0.3 is 9.38 Å². The molecule has 0 bridgehead atoms. The molecule has 1 aliphatic heterocycles. The summed E-state index contributed by atoms with van der Waals surface area (Å²) in [6.07, 6.45) is 2.06. The summed E-state index contributed by atoms with van der Waals surface area (Å²) < 4.78 is 0.890. The Balaban J connectivity index is 0.00000288. The van der Waals surface area contributed by atoms with Crippen molar-refractivity contribution in [3.8, 4) is 0 Å². The number of anilines is 1. The third kappa shape index (κ3) is 4.06. The van der Waals surface area contributed by atoms with Crippen LogP contribution in [0, 0.1) is 13.8 Å². The molecular weight excluding hydrogens is 397 g/mol. The Morgan fingerprint density at radius 2 is 1.62 bits per heavy atom. The van der Waals surface area contributed by atoms with Crippen molar-refractivity contribution in [3.05, 3.63) is 28.3 Å². The zero-order valence-electron chi connectivity index (χ0n) is 15.7. The van der Waals surface area contributed by atoms with Crippen LogP contribution in [-0.2, 0) is 37.5 Å². The first-order valence-electron chi connectivity index (χ1n) is 8.84. The summed E-state index contributed by atoms with van der Waals surface area (Å²) in [6.45, 7) is 14.6. The third-order valence-electron chi connectivity index (χ3n) is 5.69. The number of rotatable bonds is 5. The number of carbonyl (C=O) groups is 1. The number of quaternary nitrogens is 1. The fourth-order valence-corrected chi connectivity index (χ4v) is 4.57. The van der Waals surface area contributed by atoms with Crippen LogP contribution < -0.4 is 4.90 Å². The maximum absolute atomic E-state index is 13.3. The molecule has 5 heteroatoms. The molecule has 1 saturated heterocycles. The zero-order chi connectivity index (χ0) is 17.2. The van der Waals surface area contributed by atoms with Gasteiger partial charge in [-0.2, -0.15) is 0 Å². The van der Waals surface area contributed by atoms with Crippen molar-refractivity contribution in [2.24, 2.45) is 0 Å². The molecule has 0 saturated carbocycles. The van der Waals surface area contributed by atoms with Crippen molar-refractivity contribution in [2.45, 2.75) is 53.5 Å². The van der Waals surface area contributed by atoms with Crippen LogP contribution >= 0.6 is 11.6 Å². The minimum Gasteiger partial charge on any atom is -0.314 e. The fraction of sp³-hybridized carbons (Fsp3) is 0.632. The van der Waals surface area contributed by atoms with Gasteiger partial charge in [0.15, 0.2) is 6.04 Å². The second-order valence-electron chi connectivity index (χ2n) is 6.70. The molecule has 3 nitrogen and oxygen atoms in total. The number of hydrogen-bond acceptors (Lipinski definition) is 1. The van der Waals surface area contributed by atoms with Crippen molar-refractivity contribution in [2.75, 3.05) is 31.1 Å². The molecule has 1 aliphatic rings. The number of nitrogens with zero attached hydrogens (tertiary/aromatic N) is 2. The van der Waals surface area contributed by atoms with Gasteiger partial charge in [0.2, 0.25) is 0 Å². The van der Waals surface area contributed by atoms with E-state index in [9.17, 15) is 4.79 Å². The molecule has 0 aliphatic carbocycles. The van der Waals surface area contributed by atoms with Crippen LogP contribution in [0.25, 0.3) is 0 Å². The normalized spacial score (nSPS) is 18.5. The quantitative estimate of drug-likeness (QED) is 0.642. The number of carbonyl (C=O) groups excluding carboxylic acids is 1. The number of piperidine rings is 1. The number of hydrogen-bond donors (Lipinski definition) is 0. The largest absolute Gasteiger partial charge is 0.314 e. The van der Waals surface area contributed by atoms with E-state index in [4.69, 9.17) is 11.6 Å². The topological polar surface area (TPSA) is 20.3 Å². The fourth-order valence-electron chi connectivity index (χ4n) is 4.25. The number of halogens is 1. The summed E-state index contributed by atoms with van der Waals surface area (Å²) in [6, 6.07) is 4.00. The van der Waals surface area contributed by atoms with Crippen LogP contribution in [0.3, 0.4) is 0 Å². The van der Waals surface area contributed by atoms with Gasteiger partial charge in [-0.15, -0.1) is 0 Å². The molecular formula is C19H30ClN2OY+. The van der Waals surface area contributed by atoms with Crippen molar-refractivity contribution in [1.29, 1.82) is 0 Å². The molecule has 1 amide bonds. The molecule has 0 N–H and O–H groups in total. The van der Waals surface area contributed by atoms with Gasteiger partial charge in [0.25, 0.3) is 5.91 Å². The third-order valence-corrected chi connectivity index (χ3v) is 5.90. The minimum atomic E-state index is 0. The number of aryl methyl sites for hydroxylation is 2. The van der Waals surface area contributed by atoms with E-state index in [0.717, 1.165) is 65.3 Å². The van der Waals surface area contributed by atoms with Gasteiger partial charge in [-0.3, -0.25) is 4.79 Å². The molecule has 24 heavy (non-hydrogen) atoms. The van der Waals surface area contributed by atoms with E-state index in [2.05, 4.69) is 20.8 Å². The molecule has 1 heterocycles. The van der Waals surface area contributed by atoms with Gasteiger partial charge in [-0.1, -0.05) is 11.6 Å². The summed E-state index contributed by atoms with van der Waals surface area (Å²) >= 11 is 6.16. The van der Waals surface area contributed by atoms with Gasteiger partial charge in [0.05, 0.1) is 19.6 Å². The van der Waals surface area contributed by atoms with Gasteiger partial charge >= 0.3 is 0 Å². The van der Waals surface area contributed by atoms with E-state index < -0.39 is 0 Å². The molecule has 0 spiro atoms. The minimum absolute atomic E-state index is 0. The Kier molecular flexibility index (Phi) is 8.39. The maximum atomic E-state index is 13.3.